The topological polar surface area (TPSA) is 0 Å². The van der Waals surface area contributed by atoms with Gasteiger partial charge in [0, 0.05) is 13.8 Å². The molecule has 4 atom stereocenters. The first-order valence-electron chi connectivity index (χ1n) is 16.7. The average Bonchev–Trinajstić information content (AvgIpc) is 3.96. The van der Waals surface area contributed by atoms with Crippen molar-refractivity contribution in [1.29, 1.82) is 0 Å². The van der Waals surface area contributed by atoms with Gasteiger partial charge in [-0.25, -0.2) is 0 Å². The second kappa shape index (κ2) is 27.7. The third kappa shape index (κ3) is 21.4. The molecule has 0 radical (unpaired) electrons. The molecule has 0 bridgehead atoms. The van der Waals surface area contributed by atoms with Crippen LogP contribution < -0.4 is 0 Å². The highest BCUT2D eigenvalue weighted by molar-refractivity contribution is 14.1. The van der Waals surface area contributed by atoms with Crippen LogP contribution in [0.1, 0.15) is 127 Å². The Kier molecular flexibility index (Phi) is 26.1. The number of halogens is 4. The molecule has 0 N–H and O–H groups in total. The van der Waals surface area contributed by atoms with Crippen molar-refractivity contribution in [2.75, 3.05) is 0 Å². The molecule has 2 aliphatic carbocycles. The first-order valence-corrected chi connectivity index (χ1v) is 20.4. The van der Waals surface area contributed by atoms with Crippen LogP contribution in [0.25, 0.3) is 0 Å². The molecular formula is C40H56Br3I. The van der Waals surface area contributed by atoms with Gasteiger partial charge in [-0.2, -0.15) is 0 Å². The number of allylic oxidation sites excluding steroid dienone is 5. The Bertz CT molecular complexity index is 1040. The van der Waals surface area contributed by atoms with Gasteiger partial charge in [-0.3, -0.25) is 0 Å². The van der Waals surface area contributed by atoms with E-state index in [1.54, 1.807) is 0 Å². The van der Waals surface area contributed by atoms with E-state index in [2.05, 4.69) is 168 Å². The summed E-state index contributed by atoms with van der Waals surface area (Å²) in [5, 5.41) is 0. The van der Waals surface area contributed by atoms with Crippen molar-refractivity contribution in [3.63, 3.8) is 0 Å². The monoisotopic (exact) mass is 900 g/mol. The van der Waals surface area contributed by atoms with Gasteiger partial charge in [-0.1, -0.05) is 177 Å². The van der Waals surface area contributed by atoms with E-state index in [0.29, 0.717) is 0 Å². The molecule has 2 aromatic carbocycles. The number of hydrogen-bond acceptors (Lipinski definition) is 0. The maximum Gasteiger partial charge on any atom is 0.0221 e. The lowest BCUT2D eigenvalue weighted by atomic mass is 10.1. The average molecular weight is 904 g/mol. The molecule has 4 unspecified atom stereocenters. The van der Waals surface area contributed by atoms with Crippen LogP contribution in [0.3, 0.4) is 0 Å². The molecule has 0 heterocycles. The molecule has 4 heteroatoms. The third-order valence-electron chi connectivity index (χ3n) is 7.71. The van der Waals surface area contributed by atoms with Crippen LogP contribution >= 0.6 is 70.4 Å². The van der Waals surface area contributed by atoms with Gasteiger partial charge in [-0.05, 0) is 109 Å². The summed E-state index contributed by atoms with van der Waals surface area (Å²) in [6, 6.07) is 17.3. The number of alkyl halides is 1. The molecule has 2 saturated carbocycles. The molecule has 244 valence electrons. The predicted octanol–water partition coefficient (Wildman–Crippen LogP) is 15.8. The van der Waals surface area contributed by atoms with E-state index < -0.39 is 0 Å². The summed E-state index contributed by atoms with van der Waals surface area (Å²) >= 11 is 12.7. The first-order chi connectivity index (χ1) is 21.4. The molecule has 44 heavy (non-hydrogen) atoms. The van der Waals surface area contributed by atoms with Gasteiger partial charge in [0.15, 0.2) is 0 Å². The summed E-state index contributed by atoms with van der Waals surface area (Å²) in [6.45, 7) is 11.9. The van der Waals surface area contributed by atoms with Gasteiger partial charge in [0.05, 0.1) is 0 Å². The molecular weight excluding hydrogens is 847 g/mol. The fourth-order valence-corrected chi connectivity index (χ4v) is 6.41. The Labute approximate surface area is 310 Å². The van der Waals surface area contributed by atoms with E-state index in [9.17, 15) is 0 Å². The number of rotatable bonds is 16. The fourth-order valence-electron chi connectivity index (χ4n) is 4.81. The normalized spacial score (nSPS) is 19.6. The second-order valence-electron chi connectivity index (χ2n) is 11.6. The van der Waals surface area contributed by atoms with Crippen molar-refractivity contribution in [3.05, 3.63) is 116 Å². The Morgan fingerprint density at radius 1 is 0.682 bits per heavy atom. The summed E-state index contributed by atoms with van der Waals surface area (Å²) in [6.07, 6.45) is 28.9. The van der Waals surface area contributed by atoms with E-state index in [1.165, 1.54) is 94.6 Å². The van der Waals surface area contributed by atoms with Crippen LogP contribution in [0.2, 0.25) is 0 Å². The Morgan fingerprint density at radius 3 is 1.61 bits per heavy atom. The van der Waals surface area contributed by atoms with E-state index in [4.69, 9.17) is 0 Å². The summed E-state index contributed by atoms with van der Waals surface area (Å²) in [5.74, 6) is 2.42. The van der Waals surface area contributed by atoms with Crippen molar-refractivity contribution in [2.24, 2.45) is 5.92 Å². The predicted molar refractivity (Wildman–Crippen MR) is 219 cm³/mol. The molecule has 4 rings (SSSR count). The quantitative estimate of drug-likeness (QED) is 0.0681. The van der Waals surface area contributed by atoms with Gasteiger partial charge in [0.1, 0.15) is 0 Å². The lowest BCUT2D eigenvalue weighted by Gasteiger charge is -1.98. The first kappa shape index (κ1) is 41.6. The smallest absolute Gasteiger partial charge is 0.0221 e. The lowest BCUT2D eigenvalue weighted by Crippen LogP contribution is -1.81. The van der Waals surface area contributed by atoms with Gasteiger partial charge in [0.2, 0.25) is 0 Å². The molecule has 0 saturated heterocycles. The maximum atomic E-state index is 3.78. The van der Waals surface area contributed by atoms with Gasteiger partial charge >= 0.3 is 0 Å². The van der Waals surface area contributed by atoms with E-state index in [0.717, 1.165) is 37.9 Å². The molecule has 2 aromatic rings. The molecule has 0 amide bonds. The Balaban J connectivity index is 0.000000296. The summed E-state index contributed by atoms with van der Waals surface area (Å²) in [4.78, 5) is 0.726. The van der Waals surface area contributed by atoms with Crippen LogP contribution in [0.5, 0.6) is 0 Å². The van der Waals surface area contributed by atoms with E-state index in [-0.39, 0.29) is 0 Å². The molecule has 0 aromatic heterocycles. The SMILES string of the molecule is Brc1ccc(C2CC2Br)cc1.C=CCC1CC1c1ccc(Br)cc1.C=CCC=CCCCCCC.CCCCCC/C=C\I. The van der Waals surface area contributed by atoms with E-state index in [1.807, 2.05) is 12.2 Å². The van der Waals surface area contributed by atoms with Crippen molar-refractivity contribution < 1.29 is 0 Å². The Hall–Kier alpha value is -0.430. The van der Waals surface area contributed by atoms with Crippen LogP contribution in [-0.4, -0.2) is 4.83 Å². The van der Waals surface area contributed by atoms with Gasteiger partial charge < -0.3 is 0 Å². The molecule has 0 spiro atoms. The number of benzene rings is 2. The highest BCUT2D eigenvalue weighted by Gasteiger charge is 2.36. The largest absolute Gasteiger partial charge is 0.103 e. The zero-order valence-corrected chi connectivity index (χ0v) is 34.1. The Morgan fingerprint density at radius 2 is 1.18 bits per heavy atom. The zero-order valence-electron chi connectivity index (χ0n) is 27.2. The van der Waals surface area contributed by atoms with Crippen LogP contribution in [0, 0.1) is 5.92 Å². The zero-order chi connectivity index (χ0) is 32.4. The van der Waals surface area contributed by atoms with E-state index >= 15 is 0 Å². The molecule has 0 aliphatic heterocycles. The lowest BCUT2D eigenvalue weighted by molar-refractivity contribution is 0.674. The minimum atomic E-state index is 0.726. The maximum absolute atomic E-state index is 3.78. The standard InChI is InChI=1S/C12H13Br.C11H20.C9H8Br2.C8H15I/c1-2-3-10-8-12(10)9-4-6-11(13)7-5-9;1-3-5-7-9-11-10-8-6-4-2;10-7-3-1-6(2-4-7)8-5-9(8)11;1-2-3-4-5-6-7-8-9/h2,4-7,10,12H,1,3,8H2;3,7,9H,1,4-6,8,10-11H2,2H3;1-4,8-9H,5H2;7-8H,2-6H2,1H3/b;;;8-7-. The summed E-state index contributed by atoms with van der Waals surface area (Å²) < 4.78 is 4.43. The van der Waals surface area contributed by atoms with Crippen molar-refractivity contribution in [3.8, 4) is 0 Å². The highest BCUT2D eigenvalue weighted by Crippen LogP contribution is 2.49. The highest BCUT2D eigenvalue weighted by atomic mass is 127. The minimum absolute atomic E-state index is 0.726. The van der Waals surface area contributed by atoms with Crippen LogP contribution in [0.4, 0.5) is 0 Å². The molecule has 0 nitrogen and oxygen atoms in total. The summed E-state index contributed by atoms with van der Waals surface area (Å²) in [7, 11) is 0. The number of hydrogen-bond donors (Lipinski definition) is 0. The van der Waals surface area contributed by atoms with Crippen molar-refractivity contribution in [1.82, 2.24) is 0 Å². The molecule has 2 aliphatic rings. The van der Waals surface area contributed by atoms with Crippen LogP contribution in [0.15, 0.2) is 105 Å². The number of unbranched alkanes of at least 4 members (excludes halogenated alkanes) is 8. The van der Waals surface area contributed by atoms with Crippen molar-refractivity contribution >= 4 is 70.4 Å². The summed E-state index contributed by atoms with van der Waals surface area (Å²) in [5.41, 5.74) is 2.94. The van der Waals surface area contributed by atoms with Gasteiger partial charge in [-0.15, -0.1) is 13.2 Å². The second-order valence-corrected chi connectivity index (χ2v) is 15.4. The van der Waals surface area contributed by atoms with Crippen molar-refractivity contribution in [2.45, 2.75) is 120 Å². The van der Waals surface area contributed by atoms with Crippen LogP contribution in [-0.2, 0) is 0 Å². The molecule has 2 fully saturated rings. The third-order valence-corrected chi connectivity index (χ3v) is 10.3. The van der Waals surface area contributed by atoms with Gasteiger partial charge in [0.25, 0.3) is 0 Å². The fraction of sp³-hybridized carbons (Fsp3) is 0.500. The minimum Gasteiger partial charge on any atom is -0.103 e.